The predicted octanol–water partition coefficient (Wildman–Crippen LogP) is 4.72. The number of thiophene rings is 1. The van der Waals surface area contributed by atoms with E-state index >= 15 is 0 Å². The number of aromatic nitrogens is 1. The molecular weight excluding hydrogens is 254 g/mol. The number of halogens is 1. The zero-order valence-corrected chi connectivity index (χ0v) is 10.3. The van der Waals surface area contributed by atoms with Crippen molar-refractivity contribution in [3.63, 3.8) is 0 Å². The summed E-state index contributed by atoms with van der Waals surface area (Å²) < 4.78 is 5.33. The molecule has 0 aliphatic carbocycles. The average Bonchev–Trinajstić information content (AvgIpc) is 3.00. The van der Waals surface area contributed by atoms with Gasteiger partial charge in [-0.2, -0.15) is 0 Å². The highest BCUT2D eigenvalue weighted by atomic mass is 35.5. The van der Waals surface area contributed by atoms with Crippen LogP contribution in [0, 0.1) is 0 Å². The second-order valence-corrected chi connectivity index (χ2v) is 4.89. The van der Waals surface area contributed by atoms with Crippen LogP contribution in [0.3, 0.4) is 0 Å². The normalized spacial score (nSPS) is 10.6. The van der Waals surface area contributed by atoms with Crippen molar-refractivity contribution in [2.75, 3.05) is 0 Å². The standard InChI is InChI=1S/C13H8ClNOS/c14-10-5-2-1-4-9(10)12-8-11(15-16-12)13-6-3-7-17-13/h1-8H. The summed E-state index contributed by atoms with van der Waals surface area (Å²) in [6.07, 6.45) is 0. The van der Waals surface area contributed by atoms with Gasteiger partial charge in [0.15, 0.2) is 5.76 Å². The van der Waals surface area contributed by atoms with Gasteiger partial charge >= 0.3 is 0 Å². The van der Waals surface area contributed by atoms with Gasteiger partial charge in [-0.1, -0.05) is 35.0 Å². The topological polar surface area (TPSA) is 26.0 Å². The van der Waals surface area contributed by atoms with Crippen molar-refractivity contribution in [1.29, 1.82) is 0 Å². The van der Waals surface area contributed by atoms with Crippen molar-refractivity contribution in [2.24, 2.45) is 0 Å². The lowest BCUT2D eigenvalue weighted by atomic mass is 10.1. The number of hydrogen-bond acceptors (Lipinski definition) is 3. The molecule has 0 radical (unpaired) electrons. The number of benzene rings is 1. The number of hydrogen-bond donors (Lipinski definition) is 0. The second kappa shape index (κ2) is 4.35. The van der Waals surface area contributed by atoms with E-state index < -0.39 is 0 Å². The predicted molar refractivity (Wildman–Crippen MR) is 70.3 cm³/mol. The molecule has 84 valence electrons. The molecule has 3 aromatic rings. The molecule has 0 saturated heterocycles. The van der Waals surface area contributed by atoms with Gasteiger partial charge in [-0.05, 0) is 23.6 Å². The van der Waals surface area contributed by atoms with Gasteiger partial charge in [0, 0.05) is 11.6 Å². The van der Waals surface area contributed by atoms with Crippen molar-refractivity contribution in [3.8, 4) is 21.9 Å². The van der Waals surface area contributed by atoms with E-state index in [0.717, 1.165) is 16.1 Å². The molecule has 2 nitrogen and oxygen atoms in total. The molecular formula is C13H8ClNOS. The summed E-state index contributed by atoms with van der Waals surface area (Å²) in [4.78, 5) is 1.09. The summed E-state index contributed by atoms with van der Waals surface area (Å²) in [6, 6.07) is 13.5. The molecule has 17 heavy (non-hydrogen) atoms. The van der Waals surface area contributed by atoms with Crippen LogP contribution in [-0.2, 0) is 0 Å². The highest BCUT2D eigenvalue weighted by Gasteiger charge is 2.11. The van der Waals surface area contributed by atoms with E-state index in [-0.39, 0.29) is 0 Å². The Labute approximate surface area is 107 Å². The Balaban J connectivity index is 2.04. The van der Waals surface area contributed by atoms with Gasteiger partial charge in [-0.15, -0.1) is 11.3 Å². The first-order valence-electron chi connectivity index (χ1n) is 5.10. The van der Waals surface area contributed by atoms with Gasteiger partial charge in [0.25, 0.3) is 0 Å². The lowest BCUT2D eigenvalue weighted by Crippen LogP contribution is -1.74. The lowest BCUT2D eigenvalue weighted by Gasteiger charge is -1.96. The van der Waals surface area contributed by atoms with Crippen LogP contribution in [0.5, 0.6) is 0 Å². The fourth-order valence-electron chi connectivity index (χ4n) is 1.60. The van der Waals surface area contributed by atoms with Gasteiger partial charge in [-0.25, -0.2) is 0 Å². The molecule has 0 aliphatic heterocycles. The monoisotopic (exact) mass is 261 g/mol. The maximum Gasteiger partial charge on any atom is 0.169 e. The smallest absolute Gasteiger partial charge is 0.169 e. The third kappa shape index (κ3) is 1.99. The Morgan fingerprint density at radius 2 is 2.00 bits per heavy atom. The molecule has 0 saturated carbocycles. The Morgan fingerprint density at radius 1 is 1.12 bits per heavy atom. The zero-order chi connectivity index (χ0) is 11.7. The maximum atomic E-state index is 6.11. The molecule has 0 fully saturated rings. The molecule has 0 spiro atoms. The number of nitrogens with zero attached hydrogens (tertiary/aromatic N) is 1. The van der Waals surface area contributed by atoms with Crippen molar-refractivity contribution >= 4 is 22.9 Å². The van der Waals surface area contributed by atoms with Crippen LogP contribution in [0.1, 0.15) is 0 Å². The summed E-state index contributed by atoms with van der Waals surface area (Å²) in [6.45, 7) is 0. The maximum absolute atomic E-state index is 6.11. The minimum atomic E-state index is 0.668. The summed E-state index contributed by atoms with van der Waals surface area (Å²) in [7, 11) is 0. The molecule has 0 atom stereocenters. The zero-order valence-electron chi connectivity index (χ0n) is 8.76. The lowest BCUT2D eigenvalue weighted by molar-refractivity contribution is 0.435. The third-order valence-electron chi connectivity index (χ3n) is 2.42. The molecule has 2 aromatic heterocycles. The van der Waals surface area contributed by atoms with E-state index in [1.54, 1.807) is 11.3 Å². The van der Waals surface area contributed by atoms with E-state index in [0.29, 0.717) is 10.8 Å². The molecule has 0 aliphatic rings. The fraction of sp³-hybridized carbons (Fsp3) is 0. The van der Waals surface area contributed by atoms with Crippen LogP contribution in [0.2, 0.25) is 5.02 Å². The summed E-state index contributed by atoms with van der Waals surface area (Å²) in [5.41, 5.74) is 1.71. The molecule has 0 unspecified atom stereocenters. The second-order valence-electron chi connectivity index (χ2n) is 3.53. The minimum Gasteiger partial charge on any atom is -0.356 e. The first-order valence-corrected chi connectivity index (χ1v) is 6.36. The minimum absolute atomic E-state index is 0.668. The van der Waals surface area contributed by atoms with Crippen LogP contribution in [0.25, 0.3) is 21.9 Å². The van der Waals surface area contributed by atoms with Gasteiger partial charge in [0.2, 0.25) is 0 Å². The third-order valence-corrected chi connectivity index (χ3v) is 3.65. The van der Waals surface area contributed by atoms with Crippen molar-refractivity contribution < 1.29 is 4.52 Å². The quantitative estimate of drug-likeness (QED) is 0.667. The van der Waals surface area contributed by atoms with Crippen LogP contribution < -0.4 is 0 Å². The van der Waals surface area contributed by atoms with Gasteiger partial charge in [0.05, 0.1) is 9.90 Å². The van der Waals surface area contributed by atoms with Gasteiger partial charge in [-0.3, -0.25) is 0 Å². The highest BCUT2D eigenvalue weighted by Crippen LogP contribution is 2.32. The largest absolute Gasteiger partial charge is 0.356 e. The highest BCUT2D eigenvalue weighted by molar-refractivity contribution is 7.13. The van der Waals surface area contributed by atoms with Crippen molar-refractivity contribution in [1.82, 2.24) is 5.16 Å². The molecule has 4 heteroatoms. The molecule has 3 rings (SSSR count). The molecule has 1 aromatic carbocycles. The van der Waals surface area contributed by atoms with E-state index in [1.807, 2.05) is 47.8 Å². The molecule has 0 N–H and O–H groups in total. The van der Waals surface area contributed by atoms with Crippen LogP contribution in [-0.4, -0.2) is 5.16 Å². The summed E-state index contributed by atoms with van der Waals surface area (Å²) in [5.74, 6) is 0.694. The first-order chi connectivity index (χ1) is 8.34. The first kappa shape index (κ1) is 10.6. The van der Waals surface area contributed by atoms with Crippen molar-refractivity contribution in [3.05, 3.63) is 52.9 Å². The van der Waals surface area contributed by atoms with Crippen LogP contribution in [0.15, 0.2) is 52.4 Å². The van der Waals surface area contributed by atoms with Crippen molar-refractivity contribution in [2.45, 2.75) is 0 Å². The van der Waals surface area contributed by atoms with E-state index in [1.165, 1.54) is 0 Å². The molecule has 0 bridgehead atoms. The SMILES string of the molecule is Clc1ccccc1-c1cc(-c2cccs2)no1. The van der Waals surface area contributed by atoms with Crippen LogP contribution in [0.4, 0.5) is 0 Å². The van der Waals surface area contributed by atoms with Crippen LogP contribution >= 0.6 is 22.9 Å². The van der Waals surface area contributed by atoms with Gasteiger partial charge in [0.1, 0.15) is 5.69 Å². The van der Waals surface area contributed by atoms with E-state index in [4.69, 9.17) is 16.1 Å². The molecule has 0 amide bonds. The average molecular weight is 262 g/mol. The summed E-state index contributed by atoms with van der Waals surface area (Å²) in [5, 5.41) is 6.73. The summed E-state index contributed by atoms with van der Waals surface area (Å²) >= 11 is 7.74. The van der Waals surface area contributed by atoms with E-state index in [2.05, 4.69) is 5.16 Å². The van der Waals surface area contributed by atoms with E-state index in [9.17, 15) is 0 Å². The molecule has 2 heterocycles. The Hall–Kier alpha value is -1.58. The Kier molecular flexibility index (Phi) is 2.71. The Bertz CT molecular complexity index is 630. The fourth-order valence-corrected chi connectivity index (χ4v) is 2.51. The van der Waals surface area contributed by atoms with Gasteiger partial charge < -0.3 is 4.52 Å². The Morgan fingerprint density at radius 3 is 2.76 bits per heavy atom. The number of rotatable bonds is 2.